The van der Waals surface area contributed by atoms with E-state index in [4.69, 9.17) is 0 Å². The van der Waals surface area contributed by atoms with Crippen LogP contribution in [0.5, 0.6) is 0 Å². The molecule has 0 aliphatic rings. The molecule has 0 nitrogen and oxygen atoms in total. The molecule has 0 rings (SSSR count). The second kappa shape index (κ2) is 18.8. The van der Waals surface area contributed by atoms with Crippen molar-refractivity contribution >= 4 is 42.4 Å². The van der Waals surface area contributed by atoms with Crippen LogP contribution < -0.4 is 0 Å². The minimum atomic E-state index is 0. The molecule has 0 atom stereocenters. The maximum Gasteiger partial charge on any atom is -0.813 e. The van der Waals surface area contributed by atoms with E-state index >= 15 is 0 Å². The Balaban J connectivity index is -0.0000000200. The second-order valence-corrected chi connectivity index (χ2v) is 2.60. The predicted octanol–water partition coefficient (Wildman–Crippen LogP) is 0.247. The zero-order valence-corrected chi connectivity index (χ0v) is 7.28. The second-order valence-electron chi connectivity index (χ2n) is 0.500. The van der Waals surface area contributed by atoms with Crippen molar-refractivity contribution in [3.8, 4) is 0 Å². The molecule has 34 valence electrons. The number of rotatable bonds is 0. The molecule has 3 heteroatoms. The molecule has 0 saturated heterocycles. The Hall–Kier alpha value is 1.24. The van der Waals surface area contributed by atoms with Crippen molar-refractivity contribution in [3.05, 3.63) is 0 Å². The number of hydrogen-bond acceptors (Lipinski definition) is 2. The van der Waals surface area contributed by atoms with Crippen molar-refractivity contribution in [3.63, 3.8) is 0 Å². The van der Waals surface area contributed by atoms with Crippen LogP contribution in [-0.4, -0.2) is 15.4 Å². The van der Waals surface area contributed by atoms with E-state index in [0.29, 0.717) is 15.4 Å². The summed E-state index contributed by atoms with van der Waals surface area (Å²) in [7, 11) is 0. The molecule has 0 amide bonds. The monoisotopic (exact) mass is 170 g/mol. The van der Waals surface area contributed by atoms with Gasteiger partial charge in [-0.25, -0.2) is 0 Å². The van der Waals surface area contributed by atoms with E-state index in [0.717, 1.165) is 0 Å². The summed E-state index contributed by atoms with van der Waals surface area (Å²) in [5, 5.41) is 0. The standard InChI is InChI=1S/C2H6Ge.2H2S/c1-3-2;;/h1-2H3;2*1H2/p-2. The van der Waals surface area contributed by atoms with Gasteiger partial charge in [0.25, 0.3) is 0 Å². The fraction of sp³-hybridized carbons (Fsp3) is 1.00. The van der Waals surface area contributed by atoms with Crippen LogP contribution in [0.2, 0.25) is 11.5 Å². The summed E-state index contributed by atoms with van der Waals surface area (Å²) in [6.07, 6.45) is 0. The minimum absolute atomic E-state index is 0. The van der Waals surface area contributed by atoms with Gasteiger partial charge in [0.1, 0.15) is 0 Å². The van der Waals surface area contributed by atoms with E-state index in [1.807, 2.05) is 0 Å². The molecule has 0 saturated carbocycles. The van der Waals surface area contributed by atoms with Crippen LogP contribution in [0.25, 0.3) is 0 Å². The topological polar surface area (TPSA) is 0 Å². The molecule has 0 spiro atoms. The molecule has 0 N–H and O–H groups in total. The summed E-state index contributed by atoms with van der Waals surface area (Å²) in [5.74, 6) is 4.50. The van der Waals surface area contributed by atoms with Gasteiger partial charge in [-0.05, 0) is 0 Å². The average Bonchev–Trinajstić information content (AvgIpc) is 0.918. The van der Waals surface area contributed by atoms with Crippen LogP contribution in [0.1, 0.15) is 0 Å². The van der Waals surface area contributed by atoms with Crippen molar-refractivity contribution in [2.75, 3.05) is 0 Å². The Morgan fingerprint density at radius 3 is 1.00 bits per heavy atom. The quantitative estimate of drug-likeness (QED) is 0.289. The van der Waals surface area contributed by atoms with E-state index in [1.165, 1.54) is 0 Å². The third-order valence-corrected chi connectivity index (χ3v) is 0. The van der Waals surface area contributed by atoms with Gasteiger partial charge in [0, 0.05) is 0 Å². The SMILES string of the molecule is [CH3][Ge][CH3].[SH-].[SH-]. The van der Waals surface area contributed by atoms with Crippen molar-refractivity contribution in [1.82, 2.24) is 0 Å². The van der Waals surface area contributed by atoms with Gasteiger partial charge in [0.2, 0.25) is 0 Å². The molecule has 0 bridgehead atoms. The van der Waals surface area contributed by atoms with Crippen molar-refractivity contribution in [1.29, 1.82) is 0 Å². The van der Waals surface area contributed by atoms with Crippen molar-refractivity contribution < 1.29 is 0 Å². The van der Waals surface area contributed by atoms with Crippen LogP contribution in [0, 0.1) is 0 Å². The van der Waals surface area contributed by atoms with Crippen molar-refractivity contribution in [2.24, 2.45) is 0 Å². The fourth-order valence-electron chi connectivity index (χ4n) is 0. The minimum Gasteiger partial charge on any atom is -0.813 e. The molecule has 0 unspecified atom stereocenters. The van der Waals surface area contributed by atoms with Gasteiger partial charge in [0.15, 0.2) is 0 Å². The van der Waals surface area contributed by atoms with Gasteiger partial charge in [-0.3, -0.25) is 0 Å². The average molecular weight is 169 g/mol. The Bertz CT molecular complexity index is 7.61. The predicted molar refractivity (Wildman–Crippen MR) is 35.0 cm³/mol. The smallest absolute Gasteiger partial charge is 0.813 e. The summed E-state index contributed by atoms with van der Waals surface area (Å²) in [4.78, 5) is 0. The first-order valence-electron chi connectivity index (χ1n) is 1.00. The van der Waals surface area contributed by atoms with Crippen LogP contribution in [0.15, 0.2) is 0 Å². The Labute approximate surface area is 54.1 Å². The number of hydrogen-bond donors (Lipinski definition) is 0. The van der Waals surface area contributed by atoms with E-state index in [1.54, 1.807) is 0 Å². The molecule has 0 aliphatic heterocycles. The normalized spacial score (nSPS) is 3.60. The summed E-state index contributed by atoms with van der Waals surface area (Å²) in [6, 6.07) is 0. The van der Waals surface area contributed by atoms with Crippen LogP contribution >= 0.6 is 0 Å². The van der Waals surface area contributed by atoms with Gasteiger partial charge < -0.3 is 27.0 Å². The fourth-order valence-corrected chi connectivity index (χ4v) is 0. The van der Waals surface area contributed by atoms with Gasteiger partial charge >= 0.3 is 26.9 Å². The molecule has 0 aromatic heterocycles. The molecular formula is C2H8GeS2-2. The first-order chi connectivity index (χ1) is 1.41. The van der Waals surface area contributed by atoms with Crippen LogP contribution in [0.3, 0.4) is 0 Å². The molecular weight excluding hydrogens is 161 g/mol. The maximum atomic E-state index is 2.25. The maximum absolute atomic E-state index is 2.25. The molecule has 0 aliphatic carbocycles. The summed E-state index contributed by atoms with van der Waals surface area (Å²) < 4.78 is 0. The first-order valence-corrected chi connectivity index (χ1v) is 5.20. The summed E-state index contributed by atoms with van der Waals surface area (Å²) in [6.45, 7) is 0. The Morgan fingerprint density at radius 2 is 1.00 bits per heavy atom. The van der Waals surface area contributed by atoms with Gasteiger partial charge in [-0.2, -0.15) is 0 Å². The van der Waals surface area contributed by atoms with Crippen molar-refractivity contribution in [2.45, 2.75) is 11.5 Å². The van der Waals surface area contributed by atoms with Crippen LogP contribution in [0.4, 0.5) is 0 Å². The summed E-state index contributed by atoms with van der Waals surface area (Å²) in [5.41, 5.74) is 0. The molecule has 2 radical (unpaired) electrons. The first kappa shape index (κ1) is 16.3. The third-order valence-electron chi connectivity index (χ3n) is 0. The Morgan fingerprint density at radius 1 is 1.00 bits per heavy atom. The molecule has 0 heterocycles. The number of thiol groups is 2. The third kappa shape index (κ3) is 35.7. The largest absolute Gasteiger partial charge is 0.813 e. The summed E-state index contributed by atoms with van der Waals surface area (Å²) >= 11 is 0.500. The van der Waals surface area contributed by atoms with E-state index in [-0.39, 0.29) is 27.0 Å². The zero-order chi connectivity index (χ0) is 2.71. The molecule has 0 aromatic carbocycles. The van der Waals surface area contributed by atoms with E-state index in [9.17, 15) is 0 Å². The zero-order valence-electron chi connectivity index (χ0n) is 3.39. The van der Waals surface area contributed by atoms with E-state index < -0.39 is 0 Å². The van der Waals surface area contributed by atoms with Gasteiger partial charge in [-0.1, -0.05) is 0 Å². The van der Waals surface area contributed by atoms with Gasteiger partial charge in [0.05, 0.1) is 0 Å². The Kier molecular flexibility index (Phi) is 61.2. The molecule has 0 fully saturated rings. The molecule has 5 heavy (non-hydrogen) atoms. The van der Waals surface area contributed by atoms with Gasteiger partial charge in [-0.15, -0.1) is 0 Å². The van der Waals surface area contributed by atoms with Crippen LogP contribution in [-0.2, 0) is 27.0 Å². The molecule has 0 aromatic rings. The van der Waals surface area contributed by atoms with E-state index in [2.05, 4.69) is 11.5 Å².